The molecule has 4 heteroatoms. The zero-order valence-corrected chi connectivity index (χ0v) is 14.3. The van der Waals surface area contributed by atoms with Gasteiger partial charge in [0.15, 0.2) is 0 Å². The minimum absolute atomic E-state index is 0.137. The Morgan fingerprint density at radius 3 is 2.90 bits per heavy atom. The van der Waals surface area contributed by atoms with Crippen molar-refractivity contribution in [3.8, 4) is 5.75 Å². The van der Waals surface area contributed by atoms with E-state index in [0.29, 0.717) is 13.0 Å². The lowest BCUT2D eigenvalue weighted by molar-refractivity contribution is -0.121. The van der Waals surface area contributed by atoms with Crippen molar-refractivity contribution in [2.75, 3.05) is 6.61 Å². The molecule has 0 fully saturated rings. The van der Waals surface area contributed by atoms with Crippen molar-refractivity contribution in [2.45, 2.75) is 58.4 Å². The summed E-state index contributed by atoms with van der Waals surface area (Å²) in [6.45, 7) is 3.49. The first-order valence-electron chi connectivity index (χ1n) is 7.91. The molecular weight excluding hydrogens is 330 g/mol. The van der Waals surface area contributed by atoms with Crippen LogP contribution in [0, 0.1) is 0 Å². The topological polar surface area (TPSA) is 38.3 Å². The number of fused-ring (bicyclic) bond motifs is 1. The lowest BCUT2D eigenvalue weighted by atomic mass is 10.1. The molecule has 116 valence electrons. The van der Waals surface area contributed by atoms with E-state index in [1.165, 1.54) is 24.8 Å². The number of carbonyl (C=O) groups is 1. The summed E-state index contributed by atoms with van der Waals surface area (Å²) in [6.07, 6.45) is 7.45. The Bertz CT molecular complexity index is 488. The third kappa shape index (κ3) is 5.03. The van der Waals surface area contributed by atoms with Crippen molar-refractivity contribution < 1.29 is 9.53 Å². The molecule has 0 aromatic heterocycles. The van der Waals surface area contributed by atoms with Crippen LogP contribution >= 0.6 is 15.9 Å². The van der Waals surface area contributed by atoms with Gasteiger partial charge in [-0.25, -0.2) is 0 Å². The lowest BCUT2D eigenvalue weighted by Crippen LogP contribution is -2.22. The molecule has 0 unspecified atom stereocenters. The van der Waals surface area contributed by atoms with Crippen LogP contribution in [-0.4, -0.2) is 12.5 Å². The van der Waals surface area contributed by atoms with Crippen LogP contribution in [0.2, 0.25) is 0 Å². The van der Waals surface area contributed by atoms with Crippen molar-refractivity contribution >= 4 is 21.8 Å². The van der Waals surface area contributed by atoms with Crippen molar-refractivity contribution in [1.82, 2.24) is 5.32 Å². The molecule has 21 heavy (non-hydrogen) atoms. The summed E-state index contributed by atoms with van der Waals surface area (Å²) >= 11 is 3.52. The van der Waals surface area contributed by atoms with Crippen molar-refractivity contribution in [2.24, 2.45) is 0 Å². The van der Waals surface area contributed by atoms with Gasteiger partial charge in [-0.1, -0.05) is 48.5 Å². The maximum Gasteiger partial charge on any atom is 0.220 e. The number of carbonyl (C=O) groups excluding carboxylic acids is 1. The standard InChI is InChI=1S/C17H24BrNO2/c1-2-3-4-5-6-7-16(20)19-12-14-11-15(18)10-13-8-9-21-17(13)14/h10-11H,2-9,12H2,1H3,(H,19,20). The summed E-state index contributed by atoms with van der Waals surface area (Å²) in [6, 6.07) is 4.13. The monoisotopic (exact) mass is 353 g/mol. The predicted molar refractivity (Wildman–Crippen MR) is 88.6 cm³/mol. The van der Waals surface area contributed by atoms with E-state index in [1.54, 1.807) is 0 Å². The third-order valence-corrected chi connectivity index (χ3v) is 4.27. The molecule has 0 saturated heterocycles. The van der Waals surface area contributed by atoms with E-state index < -0.39 is 0 Å². The van der Waals surface area contributed by atoms with Crippen molar-refractivity contribution in [1.29, 1.82) is 0 Å². The van der Waals surface area contributed by atoms with Gasteiger partial charge >= 0.3 is 0 Å². The zero-order valence-electron chi connectivity index (χ0n) is 12.7. The molecule has 0 bridgehead atoms. The van der Waals surface area contributed by atoms with Crippen LogP contribution < -0.4 is 10.1 Å². The van der Waals surface area contributed by atoms with Crippen LogP contribution in [0.1, 0.15) is 56.6 Å². The minimum Gasteiger partial charge on any atom is -0.493 e. The van der Waals surface area contributed by atoms with E-state index in [2.05, 4.69) is 34.2 Å². The first kappa shape index (κ1) is 16.3. The smallest absolute Gasteiger partial charge is 0.220 e. The normalized spacial score (nSPS) is 12.9. The van der Waals surface area contributed by atoms with Crippen LogP contribution in [-0.2, 0) is 17.8 Å². The maximum atomic E-state index is 11.9. The van der Waals surface area contributed by atoms with E-state index >= 15 is 0 Å². The van der Waals surface area contributed by atoms with Gasteiger partial charge in [-0.15, -0.1) is 0 Å². The van der Waals surface area contributed by atoms with Gasteiger partial charge in [0, 0.05) is 29.4 Å². The number of benzene rings is 1. The van der Waals surface area contributed by atoms with Crippen LogP contribution in [0.5, 0.6) is 5.75 Å². The van der Waals surface area contributed by atoms with Gasteiger partial charge in [-0.05, 0) is 24.1 Å². The summed E-state index contributed by atoms with van der Waals surface area (Å²) in [5.74, 6) is 1.10. The molecule has 1 aliphatic heterocycles. The first-order valence-corrected chi connectivity index (χ1v) is 8.70. The van der Waals surface area contributed by atoms with Gasteiger partial charge < -0.3 is 10.1 Å². The molecule has 3 nitrogen and oxygen atoms in total. The molecule has 1 aliphatic rings. The maximum absolute atomic E-state index is 11.9. The molecule has 0 saturated carbocycles. The number of hydrogen-bond donors (Lipinski definition) is 1. The minimum atomic E-state index is 0.137. The summed E-state index contributed by atoms with van der Waals surface area (Å²) in [7, 11) is 0. The van der Waals surface area contributed by atoms with Gasteiger partial charge in [0.05, 0.1) is 6.61 Å². The highest BCUT2D eigenvalue weighted by Crippen LogP contribution is 2.32. The zero-order chi connectivity index (χ0) is 15.1. The first-order chi connectivity index (χ1) is 10.2. The fraction of sp³-hybridized carbons (Fsp3) is 0.588. The lowest BCUT2D eigenvalue weighted by Gasteiger charge is -2.10. The van der Waals surface area contributed by atoms with E-state index in [4.69, 9.17) is 4.74 Å². The molecule has 1 aromatic rings. The Kier molecular flexibility index (Phi) is 6.55. The quantitative estimate of drug-likeness (QED) is 0.705. The second-order valence-electron chi connectivity index (χ2n) is 5.59. The molecule has 1 aromatic carbocycles. The number of rotatable bonds is 8. The van der Waals surface area contributed by atoms with Gasteiger partial charge in [0.1, 0.15) is 5.75 Å². The number of ether oxygens (including phenoxy) is 1. The van der Waals surface area contributed by atoms with Gasteiger partial charge in [-0.2, -0.15) is 0 Å². The van der Waals surface area contributed by atoms with Crippen LogP contribution in [0.15, 0.2) is 16.6 Å². The number of amides is 1. The second kappa shape index (κ2) is 8.42. The van der Waals surface area contributed by atoms with Gasteiger partial charge in [0.25, 0.3) is 0 Å². The summed E-state index contributed by atoms with van der Waals surface area (Å²) in [5.41, 5.74) is 2.30. The van der Waals surface area contributed by atoms with Crippen molar-refractivity contribution in [3.63, 3.8) is 0 Å². The molecule has 1 N–H and O–H groups in total. The average molecular weight is 354 g/mol. The molecular formula is C17H24BrNO2. The molecule has 0 spiro atoms. The summed E-state index contributed by atoms with van der Waals surface area (Å²) in [5, 5.41) is 3.01. The molecule has 1 heterocycles. The van der Waals surface area contributed by atoms with E-state index in [9.17, 15) is 4.79 Å². The van der Waals surface area contributed by atoms with E-state index in [1.807, 2.05) is 6.07 Å². The number of nitrogens with one attached hydrogen (secondary N) is 1. The SMILES string of the molecule is CCCCCCCC(=O)NCc1cc(Br)cc2c1OCC2. The summed E-state index contributed by atoms with van der Waals surface area (Å²) < 4.78 is 6.72. The molecule has 2 rings (SSSR count). The Balaban J connectivity index is 1.77. The fourth-order valence-electron chi connectivity index (χ4n) is 2.65. The van der Waals surface area contributed by atoms with Gasteiger partial charge in [-0.3, -0.25) is 4.79 Å². The Morgan fingerprint density at radius 2 is 2.10 bits per heavy atom. The van der Waals surface area contributed by atoms with Crippen LogP contribution in [0.3, 0.4) is 0 Å². The molecule has 0 radical (unpaired) electrons. The highest BCUT2D eigenvalue weighted by Gasteiger charge is 2.17. The second-order valence-corrected chi connectivity index (χ2v) is 6.51. The number of hydrogen-bond acceptors (Lipinski definition) is 2. The van der Waals surface area contributed by atoms with Crippen LogP contribution in [0.4, 0.5) is 0 Å². The molecule has 0 atom stereocenters. The fourth-order valence-corrected chi connectivity index (χ4v) is 3.20. The average Bonchev–Trinajstić information content (AvgIpc) is 2.92. The molecule has 1 amide bonds. The van der Waals surface area contributed by atoms with Crippen molar-refractivity contribution in [3.05, 3.63) is 27.7 Å². The predicted octanol–water partition coefficient (Wildman–Crippen LogP) is 4.36. The Morgan fingerprint density at radius 1 is 1.29 bits per heavy atom. The van der Waals surface area contributed by atoms with Gasteiger partial charge in [0.2, 0.25) is 5.91 Å². The largest absolute Gasteiger partial charge is 0.493 e. The highest BCUT2D eigenvalue weighted by molar-refractivity contribution is 9.10. The van der Waals surface area contributed by atoms with E-state index in [0.717, 1.165) is 41.7 Å². The Labute approximate surface area is 135 Å². The highest BCUT2D eigenvalue weighted by atomic mass is 79.9. The molecule has 0 aliphatic carbocycles. The third-order valence-electron chi connectivity index (χ3n) is 3.81. The number of unbranched alkanes of at least 4 members (excludes halogenated alkanes) is 4. The van der Waals surface area contributed by atoms with E-state index in [-0.39, 0.29) is 5.91 Å². The Hall–Kier alpha value is -1.03. The van der Waals surface area contributed by atoms with Crippen LogP contribution in [0.25, 0.3) is 0 Å². The number of halogens is 1. The summed E-state index contributed by atoms with van der Waals surface area (Å²) in [4.78, 5) is 11.9.